The van der Waals surface area contributed by atoms with Crippen LogP contribution in [-0.2, 0) is 13.1 Å². The maximum atomic E-state index is 5.33. The summed E-state index contributed by atoms with van der Waals surface area (Å²) in [5, 5.41) is 3.44. The Bertz CT molecular complexity index is 547. The molecule has 0 aliphatic rings. The first-order valence-electron chi connectivity index (χ1n) is 6.44. The average molecular weight is 329 g/mol. The number of aromatic nitrogens is 1. The quantitative estimate of drug-likeness (QED) is 0.905. The van der Waals surface area contributed by atoms with Gasteiger partial charge in [0.15, 0.2) is 0 Å². The lowest BCUT2D eigenvalue weighted by atomic mass is 10.0. The number of hydrogen-bond donors (Lipinski definition) is 1. The van der Waals surface area contributed by atoms with E-state index < -0.39 is 0 Å². The summed E-state index contributed by atoms with van der Waals surface area (Å²) in [5.41, 5.74) is 4.93. The Balaban J connectivity index is 0.00000200. The van der Waals surface area contributed by atoms with Crippen LogP contribution in [0, 0.1) is 13.8 Å². The SMILES string of the molecule is COc1cc(C)c(CNCc2cccnc2)cc1C.Cl.Cl. The molecule has 0 radical (unpaired) electrons. The third-order valence-corrected chi connectivity index (χ3v) is 3.22. The monoisotopic (exact) mass is 328 g/mol. The largest absolute Gasteiger partial charge is 0.496 e. The molecule has 21 heavy (non-hydrogen) atoms. The highest BCUT2D eigenvalue weighted by atomic mass is 35.5. The molecule has 116 valence electrons. The summed E-state index contributed by atoms with van der Waals surface area (Å²) in [5.74, 6) is 0.952. The zero-order valence-corrected chi connectivity index (χ0v) is 14.2. The summed E-state index contributed by atoms with van der Waals surface area (Å²) in [4.78, 5) is 4.11. The van der Waals surface area contributed by atoms with E-state index in [2.05, 4.69) is 42.3 Å². The topological polar surface area (TPSA) is 34.1 Å². The molecule has 0 aliphatic carbocycles. The number of methoxy groups -OCH3 is 1. The van der Waals surface area contributed by atoms with Crippen LogP contribution in [0.5, 0.6) is 5.75 Å². The first-order valence-corrected chi connectivity index (χ1v) is 6.44. The number of aryl methyl sites for hydroxylation is 2. The van der Waals surface area contributed by atoms with Crippen molar-refractivity contribution in [2.75, 3.05) is 7.11 Å². The van der Waals surface area contributed by atoms with Crippen LogP contribution < -0.4 is 10.1 Å². The second-order valence-corrected chi connectivity index (χ2v) is 4.71. The molecule has 0 saturated carbocycles. The predicted molar refractivity (Wildman–Crippen MR) is 91.7 cm³/mol. The van der Waals surface area contributed by atoms with Crippen molar-refractivity contribution in [2.45, 2.75) is 26.9 Å². The van der Waals surface area contributed by atoms with Gasteiger partial charge in [0.2, 0.25) is 0 Å². The van der Waals surface area contributed by atoms with Gasteiger partial charge in [-0.05, 0) is 48.2 Å². The van der Waals surface area contributed by atoms with Crippen LogP contribution in [0.3, 0.4) is 0 Å². The van der Waals surface area contributed by atoms with Gasteiger partial charge in [0, 0.05) is 25.5 Å². The molecular formula is C16H22Cl2N2O. The van der Waals surface area contributed by atoms with Crippen molar-refractivity contribution >= 4 is 24.8 Å². The van der Waals surface area contributed by atoms with Gasteiger partial charge in [0.1, 0.15) is 5.75 Å². The van der Waals surface area contributed by atoms with Crippen molar-refractivity contribution in [3.05, 3.63) is 58.9 Å². The number of nitrogens with one attached hydrogen (secondary N) is 1. The van der Waals surface area contributed by atoms with E-state index in [-0.39, 0.29) is 24.8 Å². The summed E-state index contributed by atoms with van der Waals surface area (Å²) >= 11 is 0. The fourth-order valence-electron chi connectivity index (χ4n) is 2.10. The van der Waals surface area contributed by atoms with E-state index in [1.54, 1.807) is 13.3 Å². The Hall–Kier alpha value is -1.29. The molecule has 0 unspecified atom stereocenters. The smallest absolute Gasteiger partial charge is 0.122 e. The first kappa shape index (κ1) is 19.7. The van der Waals surface area contributed by atoms with E-state index in [1.165, 1.54) is 22.3 Å². The predicted octanol–water partition coefficient (Wildman–Crippen LogP) is 3.84. The molecule has 2 rings (SSSR count). The average Bonchev–Trinajstić information content (AvgIpc) is 2.43. The minimum absolute atomic E-state index is 0. The van der Waals surface area contributed by atoms with Crippen LogP contribution in [0.15, 0.2) is 36.7 Å². The maximum absolute atomic E-state index is 5.33. The van der Waals surface area contributed by atoms with Crippen LogP contribution in [0.1, 0.15) is 22.3 Å². The van der Waals surface area contributed by atoms with E-state index in [1.807, 2.05) is 12.3 Å². The first-order chi connectivity index (χ1) is 9.20. The molecule has 1 aromatic heterocycles. The number of halogens is 2. The summed E-state index contributed by atoms with van der Waals surface area (Å²) < 4.78 is 5.33. The van der Waals surface area contributed by atoms with Crippen LogP contribution in [0.4, 0.5) is 0 Å². The second-order valence-electron chi connectivity index (χ2n) is 4.71. The zero-order valence-electron chi connectivity index (χ0n) is 12.6. The van der Waals surface area contributed by atoms with Crippen molar-refractivity contribution in [1.82, 2.24) is 10.3 Å². The zero-order chi connectivity index (χ0) is 13.7. The fraction of sp³-hybridized carbons (Fsp3) is 0.312. The van der Waals surface area contributed by atoms with Crippen molar-refractivity contribution in [3.8, 4) is 5.75 Å². The van der Waals surface area contributed by atoms with Crippen LogP contribution >= 0.6 is 24.8 Å². The molecule has 0 bridgehead atoms. The Morgan fingerprint density at radius 1 is 1.10 bits per heavy atom. The summed E-state index contributed by atoms with van der Waals surface area (Å²) in [6, 6.07) is 8.31. The summed E-state index contributed by atoms with van der Waals surface area (Å²) in [6.07, 6.45) is 3.68. The number of hydrogen-bond acceptors (Lipinski definition) is 3. The van der Waals surface area contributed by atoms with Crippen LogP contribution in [0.2, 0.25) is 0 Å². The van der Waals surface area contributed by atoms with Gasteiger partial charge in [-0.1, -0.05) is 12.1 Å². The summed E-state index contributed by atoms with van der Waals surface area (Å²) in [7, 11) is 1.71. The molecule has 0 spiro atoms. The number of pyridine rings is 1. The van der Waals surface area contributed by atoms with Gasteiger partial charge in [0.05, 0.1) is 7.11 Å². The van der Waals surface area contributed by atoms with Gasteiger partial charge in [-0.2, -0.15) is 0 Å². The molecule has 1 N–H and O–H groups in total. The van der Waals surface area contributed by atoms with Crippen molar-refractivity contribution in [2.24, 2.45) is 0 Å². The standard InChI is InChI=1S/C16H20N2O.2ClH/c1-12-8-16(19-3)13(2)7-15(12)11-18-10-14-5-4-6-17-9-14;;/h4-9,18H,10-11H2,1-3H3;2*1H. The molecule has 1 heterocycles. The third-order valence-electron chi connectivity index (χ3n) is 3.22. The van der Waals surface area contributed by atoms with Crippen LogP contribution in [0.25, 0.3) is 0 Å². The van der Waals surface area contributed by atoms with Gasteiger partial charge in [-0.3, -0.25) is 4.98 Å². The van der Waals surface area contributed by atoms with Crippen molar-refractivity contribution in [1.29, 1.82) is 0 Å². The van der Waals surface area contributed by atoms with E-state index in [0.29, 0.717) is 0 Å². The molecule has 5 heteroatoms. The van der Waals surface area contributed by atoms with Crippen molar-refractivity contribution in [3.63, 3.8) is 0 Å². The van der Waals surface area contributed by atoms with Gasteiger partial charge >= 0.3 is 0 Å². The van der Waals surface area contributed by atoms with Gasteiger partial charge in [-0.25, -0.2) is 0 Å². The normalized spacial score (nSPS) is 9.48. The maximum Gasteiger partial charge on any atom is 0.122 e. The lowest BCUT2D eigenvalue weighted by molar-refractivity contribution is 0.411. The Kier molecular flexibility index (Phi) is 9.02. The number of benzene rings is 1. The number of nitrogens with zero attached hydrogens (tertiary/aromatic N) is 1. The Morgan fingerprint density at radius 3 is 2.48 bits per heavy atom. The number of rotatable bonds is 5. The molecular weight excluding hydrogens is 307 g/mol. The van der Waals surface area contributed by atoms with Crippen LogP contribution in [-0.4, -0.2) is 12.1 Å². The molecule has 0 aliphatic heterocycles. The Labute approximate surface area is 139 Å². The highest BCUT2D eigenvalue weighted by Gasteiger charge is 2.04. The fourth-order valence-corrected chi connectivity index (χ4v) is 2.10. The number of ether oxygens (including phenoxy) is 1. The lowest BCUT2D eigenvalue weighted by Crippen LogP contribution is -2.13. The molecule has 2 aromatic rings. The lowest BCUT2D eigenvalue weighted by Gasteiger charge is -2.12. The molecule has 1 aromatic carbocycles. The molecule has 0 saturated heterocycles. The third kappa shape index (κ3) is 5.54. The molecule has 0 atom stereocenters. The van der Waals surface area contributed by atoms with Gasteiger partial charge in [-0.15, -0.1) is 24.8 Å². The molecule has 0 amide bonds. The minimum Gasteiger partial charge on any atom is -0.496 e. The van der Waals surface area contributed by atoms with Gasteiger partial charge < -0.3 is 10.1 Å². The molecule has 0 fully saturated rings. The Morgan fingerprint density at radius 2 is 1.86 bits per heavy atom. The highest BCUT2D eigenvalue weighted by Crippen LogP contribution is 2.22. The van der Waals surface area contributed by atoms with E-state index >= 15 is 0 Å². The molecule has 3 nitrogen and oxygen atoms in total. The minimum atomic E-state index is 0. The van der Waals surface area contributed by atoms with E-state index in [0.717, 1.165) is 18.8 Å². The van der Waals surface area contributed by atoms with E-state index in [9.17, 15) is 0 Å². The summed E-state index contributed by atoms with van der Waals surface area (Å²) in [6.45, 7) is 5.87. The second kappa shape index (κ2) is 9.61. The van der Waals surface area contributed by atoms with E-state index in [4.69, 9.17) is 4.74 Å². The van der Waals surface area contributed by atoms with Gasteiger partial charge in [0.25, 0.3) is 0 Å². The highest BCUT2D eigenvalue weighted by molar-refractivity contribution is 5.85. The van der Waals surface area contributed by atoms with Crippen molar-refractivity contribution < 1.29 is 4.74 Å².